The molecule has 3 nitrogen and oxygen atoms in total. The zero-order valence-corrected chi connectivity index (χ0v) is 12.0. The number of halogens is 1. The molecule has 2 rings (SSSR count). The summed E-state index contributed by atoms with van der Waals surface area (Å²) in [4.78, 5) is 9.93. The molecule has 1 N–H and O–H groups in total. The Morgan fingerprint density at radius 2 is 1.89 bits per heavy atom. The maximum absolute atomic E-state index is 12.9. The normalized spacial score (nSPS) is 10.5. The van der Waals surface area contributed by atoms with E-state index in [1.54, 1.807) is 12.1 Å². The van der Waals surface area contributed by atoms with Crippen LogP contribution in [0.2, 0.25) is 0 Å². The summed E-state index contributed by atoms with van der Waals surface area (Å²) in [6.07, 6.45) is 0.784. The highest BCUT2D eigenvalue weighted by molar-refractivity contribution is 7.99. The van der Waals surface area contributed by atoms with E-state index in [0.717, 1.165) is 33.5 Å². The average Bonchev–Trinajstić information content (AvgIpc) is 2.43. The molecule has 0 aliphatic rings. The van der Waals surface area contributed by atoms with Crippen molar-refractivity contribution in [2.75, 3.05) is 12.4 Å². The topological polar surface area (TPSA) is 37.8 Å². The van der Waals surface area contributed by atoms with Crippen LogP contribution < -0.4 is 5.32 Å². The Hall–Kier alpha value is -1.62. The molecular weight excluding hydrogens is 261 g/mol. The van der Waals surface area contributed by atoms with Crippen LogP contribution in [0.3, 0.4) is 0 Å². The minimum atomic E-state index is -0.228. The van der Waals surface area contributed by atoms with Crippen molar-refractivity contribution >= 4 is 17.6 Å². The van der Waals surface area contributed by atoms with Gasteiger partial charge in [0.15, 0.2) is 0 Å². The maximum Gasteiger partial charge on any atom is 0.133 e. The summed E-state index contributed by atoms with van der Waals surface area (Å²) < 4.78 is 12.9. The molecule has 0 radical (unpaired) electrons. The molecule has 0 aliphatic carbocycles. The van der Waals surface area contributed by atoms with Gasteiger partial charge in [0, 0.05) is 23.9 Å². The third-order valence-corrected chi connectivity index (χ3v) is 3.83. The van der Waals surface area contributed by atoms with Crippen molar-refractivity contribution in [2.45, 2.75) is 30.2 Å². The number of hydrogen-bond acceptors (Lipinski definition) is 4. The summed E-state index contributed by atoms with van der Waals surface area (Å²) in [5.74, 6) is 1.42. The van der Waals surface area contributed by atoms with E-state index < -0.39 is 0 Å². The van der Waals surface area contributed by atoms with Gasteiger partial charge < -0.3 is 5.32 Å². The number of aryl methyl sites for hydroxylation is 1. The Labute approximate surface area is 116 Å². The third kappa shape index (κ3) is 3.23. The molecule has 0 bridgehead atoms. The van der Waals surface area contributed by atoms with Crippen LogP contribution >= 0.6 is 11.8 Å². The summed E-state index contributed by atoms with van der Waals surface area (Å²) >= 11 is 1.52. The Morgan fingerprint density at radius 3 is 2.47 bits per heavy atom. The van der Waals surface area contributed by atoms with Crippen LogP contribution in [0.5, 0.6) is 0 Å². The van der Waals surface area contributed by atoms with Crippen LogP contribution in [0, 0.1) is 12.7 Å². The van der Waals surface area contributed by atoms with E-state index in [1.165, 1.54) is 23.9 Å². The lowest BCUT2D eigenvalue weighted by atomic mass is 10.3. The van der Waals surface area contributed by atoms with Gasteiger partial charge in [-0.2, -0.15) is 0 Å². The maximum atomic E-state index is 12.9. The fourth-order valence-corrected chi connectivity index (χ4v) is 2.55. The van der Waals surface area contributed by atoms with Crippen LogP contribution in [-0.2, 0) is 6.42 Å². The molecule has 19 heavy (non-hydrogen) atoms. The fourth-order valence-electron chi connectivity index (χ4n) is 1.66. The van der Waals surface area contributed by atoms with E-state index >= 15 is 0 Å². The van der Waals surface area contributed by atoms with Gasteiger partial charge in [0.1, 0.15) is 22.5 Å². The first-order valence-electron chi connectivity index (χ1n) is 6.12. The molecule has 0 spiro atoms. The van der Waals surface area contributed by atoms with Crippen molar-refractivity contribution < 1.29 is 4.39 Å². The molecule has 0 aliphatic heterocycles. The molecule has 0 fully saturated rings. The van der Waals surface area contributed by atoms with Gasteiger partial charge in [0.05, 0.1) is 0 Å². The number of anilines is 1. The van der Waals surface area contributed by atoms with Crippen LogP contribution in [0.25, 0.3) is 0 Å². The Bertz CT molecular complexity index is 570. The van der Waals surface area contributed by atoms with E-state index in [0.29, 0.717) is 0 Å². The van der Waals surface area contributed by atoms with Crippen LogP contribution in [-0.4, -0.2) is 17.0 Å². The van der Waals surface area contributed by atoms with Gasteiger partial charge in [-0.05, 0) is 31.2 Å². The highest BCUT2D eigenvalue weighted by Crippen LogP contribution is 2.31. The molecule has 1 heterocycles. The monoisotopic (exact) mass is 277 g/mol. The van der Waals surface area contributed by atoms with Crippen LogP contribution in [0.4, 0.5) is 10.2 Å². The molecular formula is C14H16FN3S. The fraction of sp³-hybridized carbons (Fsp3) is 0.286. The lowest BCUT2D eigenvalue weighted by molar-refractivity contribution is 0.626. The minimum absolute atomic E-state index is 0.228. The summed E-state index contributed by atoms with van der Waals surface area (Å²) in [5.41, 5.74) is 1.01. The first-order chi connectivity index (χ1) is 9.13. The zero-order valence-electron chi connectivity index (χ0n) is 11.2. The second-order valence-corrected chi connectivity index (χ2v) is 5.14. The lowest BCUT2D eigenvalue weighted by Crippen LogP contribution is -2.04. The smallest absolute Gasteiger partial charge is 0.133 e. The highest BCUT2D eigenvalue weighted by atomic mass is 32.2. The van der Waals surface area contributed by atoms with Gasteiger partial charge in [0.25, 0.3) is 0 Å². The zero-order chi connectivity index (χ0) is 13.8. The largest absolute Gasteiger partial charge is 0.373 e. The Balaban J connectivity index is 2.35. The first-order valence-corrected chi connectivity index (χ1v) is 6.94. The van der Waals surface area contributed by atoms with Crippen LogP contribution in [0.1, 0.15) is 18.3 Å². The molecule has 0 unspecified atom stereocenters. The highest BCUT2D eigenvalue weighted by Gasteiger charge is 2.10. The second-order valence-electron chi connectivity index (χ2n) is 4.08. The van der Waals surface area contributed by atoms with E-state index in [-0.39, 0.29) is 5.82 Å². The molecule has 0 amide bonds. The molecule has 0 saturated heterocycles. The average molecular weight is 277 g/mol. The quantitative estimate of drug-likeness (QED) is 0.865. The van der Waals surface area contributed by atoms with Gasteiger partial charge in [-0.3, -0.25) is 0 Å². The number of hydrogen-bond donors (Lipinski definition) is 1. The van der Waals surface area contributed by atoms with E-state index in [2.05, 4.69) is 15.3 Å². The standard InChI is InChI=1S/C14H16FN3S/c1-4-12-17-13(16-3)9(2)14(18-12)19-11-7-5-10(15)6-8-11/h5-8H,4H2,1-3H3,(H,16,17,18). The van der Waals surface area contributed by atoms with E-state index in [4.69, 9.17) is 0 Å². The third-order valence-electron chi connectivity index (χ3n) is 2.73. The summed E-state index contributed by atoms with van der Waals surface area (Å²) in [6, 6.07) is 6.43. The number of nitrogens with one attached hydrogen (secondary N) is 1. The van der Waals surface area contributed by atoms with E-state index in [1.807, 2.05) is 20.9 Å². The van der Waals surface area contributed by atoms with Crippen molar-refractivity contribution in [3.8, 4) is 0 Å². The Kier molecular flexibility index (Phi) is 4.37. The van der Waals surface area contributed by atoms with Gasteiger partial charge in [-0.15, -0.1) is 0 Å². The number of aromatic nitrogens is 2. The Morgan fingerprint density at radius 1 is 1.21 bits per heavy atom. The van der Waals surface area contributed by atoms with Crippen molar-refractivity contribution in [2.24, 2.45) is 0 Å². The minimum Gasteiger partial charge on any atom is -0.373 e. The number of rotatable bonds is 4. The molecule has 0 atom stereocenters. The lowest BCUT2D eigenvalue weighted by Gasteiger charge is -2.11. The van der Waals surface area contributed by atoms with Gasteiger partial charge >= 0.3 is 0 Å². The van der Waals surface area contributed by atoms with Crippen LogP contribution in [0.15, 0.2) is 34.2 Å². The molecule has 5 heteroatoms. The van der Waals surface area contributed by atoms with Gasteiger partial charge in [0.2, 0.25) is 0 Å². The first kappa shape index (κ1) is 13.8. The van der Waals surface area contributed by atoms with Gasteiger partial charge in [-0.1, -0.05) is 18.7 Å². The predicted molar refractivity (Wildman–Crippen MR) is 76.2 cm³/mol. The van der Waals surface area contributed by atoms with Crippen molar-refractivity contribution in [1.29, 1.82) is 0 Å². The summed E-state index contributed by atoms with van der Waals surface area (Å²) in [6.45, 7) is 4.01. The molecule has 1 aromatic heterocycles. The summed E-state index contributed by atoms with van der Waals surface area (Å²) in [5, 5.41) is 3.99. The molecule has 0 saturated carbocycles. The van der Waals surface area contributed by atoms with Crippen molar-refractivity contribution in [3.05, 3.63) is 41.5 Å². The molecule has 100 valence electrons. The SMILES string of the molecule is CCc1nc(NC)c(C)c(Sc2ccc(F)cc2)n1. The number of nitrogens with zero attached hydrogens (tertiary/aromatic N) is 2. The van der Waals surface area contributed by atoms with Crippen molar-refractivity contribution in [3.63, 3.8) is 0 Å². The molecule has 2 aromatic rings. The summed E-state index contributed by atoms with van der Waals surface area (Å²) in [7, 11) is 1.85. The predicted octanol–water partition coefficient (Wildman–Crippen LogP) is 3.68. The van der Waals surface area contributed by atoms with Gasteiger partial charge in [-0.25, -0.2) is 14.4 Å². The second kappa shape index (κ2) is 6.02. The van der Waals surface area contributed by atoms with E-state index in [9.17, 15) is 4.39 Å². The molecule has 1 aromatic carbocycles. The van der Waals surface area contributed by atoms with Crippen molar-refractivity contribution in [1.82, 2.24) is 9.97 Å². The number of benzene rings is 1.